The topological polar surface area (TPSA) is 47.0 Å². The van der Waals surface area contributed by atoms with E-state index in [1.165, 1.54) is 0 Å². The van der Waals surface area contributed by atoms with Gasteiger partial charge in [-0.15, -0.1) is 0 Å². The Labute approximate surface area is 127 Å². The Morgan fingerprint density at radius 1 is 1.25 bits per heavy atom. The first kappa shape index (κ1) is 14.9. The predicted molar refractivity (Wildman–Crippen MR) is 82.5 cm³/mol. The van der Waals surface area contributed by atoms with E-state index >= 15 is 0 Å². The second kappa shape index (κ2) is 7.36. The lowest BCUT2D eigenvalue weighted by molar-refractivity contribution is 0.290. The maximum Gasteiger partial charge on any atom is 0.232 e. The normalized spacial score (nSPS) is 10.8. The van der Waals surface area contributed by atoms with Crippen LogP contribution < -0.4 is 10.1 Å². The van der Waals surface area contributed by atoms with E-state index in [1.807, 2.05) is 24.3 Å². The second-order valence-electron chi connectivity index (χ2n) is 4.76. The van der Waals surface area contributed by atoms with E-state index in [1.54, 1.807) is 12.4 Å². The van der Waals surface area contributed by atoms with E-state index < -0.39 is 0 Å². The first-order chi connectivity index (χ1) is 9.65. The van der Waals surface area contributed by atoms with Crippen LogP contribution in [0.3, 0.4) is 0 Å². The fourth-order valence-electron chi connectivity index (χ4n) is 1.62. The molecule has 0 amide bonds. The number of nitrogens with zero attached hydrogens (tertiary/aromatic N) is 2. The predicted octanol–water partition coefficient (Wildman–Crippen LogP) is 3.32. The van der Waals surface area contributed by atoms with Crippen molar-refractivity contribution < 1.29 is 4.74 Å². The molecule has 0 saturated heterocycles. The molecule has 0 spiro atoms. The third-order valence-corrected chi connectivity index (χ3v) is 3.46. The fraction of sp³-hybridized carbons (Fsp3) is 0.333. The van der Waals surface area contributed by atoms with E-state index in [-0.39, 0.29) is 0 Å². The summed E-state index contributed by atoms with van der Waals surface area (Å²) in [7, 11) is 0. The number of hydrogen-bond acceptors (Lipinski definition) is 4. The third-order valence-electron chi connectivity index (χ3n) is 2.69. The Balaban J connectivity index is 1.96. The molecule has 1 aromatic carbocycles. The van der Waals surface area contributed by atoms with Crippen molar-refractivity contribution in [1.29, 1.82) is 0 Å². The van der Waals surface area contributed by atoms with Crippen LogP contribution in [-0.2, 0) is 13.2 Å². The number of aromatic nitrogens is 2. The standard InChI is InChI=1S/C15H18BrN3O/c1-11(2)18-8-13-7-17-9-15(19-13)20-10-12-5-3-4-6-14(12)16/h3-7,9,11,18H,8,10H2,1-2H3. The van der Waals surface area contributed by atoms with Crippen LogP contribution in [0.4, 0.5) is 0 Å². The average Bonchev–Trinajstić information content (AvgIpc) is 2.45. The molecule has 0 aliphatic heterocycles. The second-order valence-corrected chi connectivity index (χ2v) is 5.62. The lowest BCUT2D eigenvalue weighted by Crippen LogP contribution is -2.22. The van der Waals surface area contributed by atoms with E-state index in [4.69, 9.17) is 4.74 Å². The molecule has 0 saturated carbocycles. The van der Waals surface area contributed by atoms with Crippen molar-refractivity contribution >= 4 is 15.9 Å². The van der Waals surface area contributed by atoms with E-state index in [9.17, 15) is 0 Å². The molecule has 0 unspecified atom stereocenters. The minimum atomic E-state index is 0.418. The molecule has 0 bridgehead atoms. The summed E-state index contributed by atoms with van der Waals surface area (Å²) in [6.45, 7) is 5.36. The highest BCUT2D eigenvalue weighted by molar-refractivity contribution is 9.10. The van der Waals surface area contributed by atoms with Gasteiger partial charge in [0, 0.05) is 28.8 Å². The average molecular weight is 336 g/mol. The van der Waals surface area contributed by atoms with Gasteiger partial charge in [0.2, 0.25) is 5.88 Å². The van der Waals surface area contributed by atoms with Crippen LogP contribution in [0, 0.1) is 0 Å². The zero-order chi connectivity index (χ0) is 14.4. The number of ether oxygens (including phenoxy) is 1. The van der Waals surface area contributed by atoms with Crippen molar-refractivity contribution in [3.8, 4) is 5.88 Å². The quantitative estimate of drug-likeness (QED) is 0.879. The van der Waals surface area contributed by atoms with Gasteiger partial charge in [-0.05, 0) is 6.07 Å². The summed E-state index contributed by atoms with van der Waals surface area (Å²) in [5, 5.41) is 3.31. The molecule has 106 valence electrons. The SMILES string of the molecule is CC(C)NCc1cncc(OCc2ccccc2Br)n1. The zero-order valence-electron chi connectivity index (χ0n) is 11.6. The van der Waals surface area contributed by atoms with Gasteiger partial charge in [-0.25, -0.2) is 4.98 Å². The summed E-state index contributed by atoms with van der Waals surface area (Å²) in [5.74, 6) is 0.545. The molecular weight excluding hydrogens is 318 g/mol. The molecule has 0 aliphatic rings. The van der Waals surface area contributed by atoms with Crippen LogP contribution in [0.2, 0.25) is 0 Å². The van der Waals surface area contributed by atoms with Crippen molar-refractivity contribution in [2.45, 2.75) is 33.0 Å². The summed E-state index contributed by atoms with van der Waals surface area (Å²) in [4.78, 5) is 8.58. The molecule has 0 atom stereocenters. The Hall–Kier alpha value is -1.46. The van der Waals surface area contributed by atoms with Gasteiger partial charge in [0.15, 0.2) is 0 Å². The Morgan fingerprint density at radius 2 is 2.05 bits per heavy atom. The highest BCUT2D eigenvalue weighted by Crippen LogP contribution is 2.17. The van der Waals surface area contributed by atoms with Crippen LogP contribution >= 0.6 is 15.9 Å². The van der Waals surface area contributed by atoms with Crippen LogP contribution in [-0.4, -0.2) is 16.0 Å². The van der Waals surface area contributed by atoms with Gasteiger partial charge in [-0.3, -0.25) is 4.98 Å². The van der Waals surface area contributed by atoms with Gasteiger partial charge >= 0.3 is 0 Å². The van der Waals surface area contributed by atoms with Gasteiger partial charge in [0.1, 0.15) is 6.61 Å². The highest BCUT2D eigenvalue weighted by Gasteiger charge is 2.03. The van der Waals surface area contributed by atoms with Gasteiger partial charge < -0.3 is 10.1 Å². The Bertz CT molecular complexity index is 560. The summed E-state index contributed by atoms with van der Waals surface area (Å²) in [6.07, 6.45) is 3.39. The molecule has 2 rings (SSSR count). The maximum atomic E-state index is 5.69. The molecule has 2 aromatic rings. The third kappa shape index (κ3) is 4.58. The van der Waals surface area contributed by atoms with Gasteiger partial charge in [0.25, 0.3) is 0 Å². The summed E-state index contributed by atoms with van der Waals surface area (Å²) in [5.41, 5.74) is 1.96. The number of nitrogens with one attached hydrogen (secondary N) is 1. The maximum absolute atomic E-state index is 5.69. The van der Waals surface area contributed by atoms with E-state index in [0.29, 0.717) is 25.1 Å². The monoisotopic (exact) mass is 335 g/mol. The first-order valence-corrected chi connectivity index (χ1v) is 7.35. The van der Waals surface area contributed by atoms with Gasteiger partial charge in [-0.1, -0.05) is 48.0 Å². The van der Waals surface area contributed by atoms with Crippen molar-refractivity contribution in [3.05, 3.63) is 52.4 Å². The van der Waals surface area contributed by atoms with Crippen LogP contribution in [0.25, 0.3) is 0 Å². The summed E-state index contributed by atoms with van der Waals surface area (Å²) >= 11 is 3.50. The Morgan fingerprint density at radius 3 is 2.80 bits per heavy atom. The summed E-state index contributed by atoms with van der Waals surface area (Å²) in [6, 6.07) is 8.39. The minimum Gasteiger partial charge on any atom is -0.472 e. The highest BCUT2D eigenvalue weighted by atomic mass is 79.9. The molecular formula is C15H18BrN3O. The first-order valence-electron chi connectivity index (χ1n) is 6.55. The zero-order valence-corrected chi connectivity index (χ0v) is 13.2. The molecule has 4 nitrogen and oxygen atoms in total. The number of hydrogen-bond donors (Lipinski definition) is 1. The molecule has 5 heteroatoms. The number of halogens is 1. The van der Waals surface area contributed by atoms with Crippen LogP contribution in [0.5, 0.6) is 5.88 Å². The molecule has 1 aromatic heterocycles. The summed E-state index contributed by atoms with van der Waals surface area (Å²) < 4.78 is 6.72. The molecule has 0 radical (unpaired) electrons. The molecule has 1 N–H and O–H groups in total. The van der Waals surface area contributed by atoms with E-state index in [0.717, 1.165) is 15.7 Å². The molecule has 0 aliphatic carbocycles. The Kier molecular flexibility index (Phi) is 5.49. The van der Waals surface area contributed by atoms with Crippen molar-refractivity contribution in [2.75, 3.05) is 0 Å². The smallest absolute Gasteiger partial charge is 0.232 e. The minimum absolute atomic E-state index is 0.418. The van der Waals surface area contributed by atoms with Crippen molar-refractivity contribution in [3.63, 3.8) is 0 Å². The van der Waals surface area contributed by atoms with Crippen molar-refractivity contribution in [1.82, 2.24) is 15.3 Å². The molecule has 1 heterocycles. The van der Waals surface area contributed by atoms with Gasteiger partial charge in [0.05, 0.1) is 11.9 Å². The molecule has 0 fully saturated rings. The van der Waals surface area contributed by atoms with Crippen LogP contribution in [0.1, 0.15) is 25.1 Å². The van der Waals surface area contributed by atoms with Crippen LogP contribution in [0.15, 0.2) is 41.1 Å². The lowest BCUT2D eigenvalue weighted by atomic mass is 10.2. The largest absolute Gasteiger partial charge is 0.472 e. The lowest BCUT2D eigenvalue weighted by Gasteiger charge is -2.09. The van der Waals surface area contributed by atoms with Gasteiger partial charge in [-0.2, -0.15) is 0 Å². The molecule has 20 heavy (non-hydrogen) atoms. The van der Waals surface area contributed by atoms with E-state index in [2.05, 4.69) is 45.1 Å². The fourth-order valence-corrected chi connectivity index (χ4v) is 2.02. The number of rotatable bonds is 6. The number of benzene rings is 1. The van der Waals surface area contributed by atoms with Crippen molar-refractivity contribution in [2.24, 2.45) is 0 Å².